The standard InChI is InChI=1S/C13H14F2N2O/c14-10-3-2-9(8-11(10)15)13-12(4-7-18-13)17-6-1-5-16/h2-3,8,12-13,17H,1,4,6-7H2/t12-,13+/m1/s1. The van der Waals surface area contributed by atoms with Crippen LogP contribution in [0.4, 0.5) is 8.78 Å². The Hall–Kier alpha value is -1.51. The van der Waals surface area contributed by atoms with Crippen molar-refractivity contribution < 1.29 is 13.5 Å². The zero-order valence-electron chi connectivity index (χ0n) is 9.83. The van der Waals surface area contributed by atoms with Gasteiger partial charge in [0.25, 0.3) is 0 Å². The quantitative estimate of drug-likeness (QED) is 0.836. The van der Waals surface area contributed by atoms with E-state index in [0.717, 1.165) is 12.5 Å². The summed E-state index contributed by atoms with van der Waals surface area (Å²) < 4.78 is 31.6. The van der Waals surface area contributed by atoms with E-state index in [1.165, 1.54) is 12.1 Å². The molecule has 0 aromatic heterocycles. The number of nitrogens with zero attached hydrogens (tertiary/aromatic N) is 1. The number of rotatable bonds is 4. The molecule has 2 atom stereocenters. The number of nitriles is 1. The second-order valence-corrected chi connectivity index (χ2v) is 4.22. The summed E-state index contributed by atoms with van der Waals surface area (Å²) in [7, 11) is 0. The van der Waals surface area contributed by atoms with Crippen LogP contribution in [-0.2, 0) is 4.74 Å². The smallest absolute Gasteiger partial charge is 0.159 e. The molecule has 1 aromatic rings. The van der Waals surface area contributed by atoms with Crippen LogP contribution in [0.5, 0.6) is 0 Å². The summed E-state index contributed by atoms with van der Waals surface area (Å²) in [6, 6.07) is 5.91. The predicted molar refractivity (Wildman–Crippen MR) is 61.7 cm³/mol. The minimum absolute atomic E-state index is 0.0446. The molecule has 0 bridgehead atoms. The molecule has 1 aromatic carbocycles. The van der Waals surface area contributed by atoms with Crippen LogP contribution < -0.4 is 5.32 Å². The molecule has 18 heavy (non-hydrogen) atoms. The summed E-state index contributed by atoms with van der Waals surface area (Å²) in [6.45, 7) is 1.15. The molecule has 1 aliphatic rings. The molecular formula is C13H14F2N2O. The van der Waals surface area contributed by atoms with Crippen molar-refractivity contribution in [1.29, 1.82) is 5.26 Å². The largest absolute Gasteiger partial charge is 0.372 e. The monoisotopic (exact) mass is 252 g/mol. The van der Waals surface area contributed by atoms with Gasteiger partial charge in [-0.3, -0.25) is 0 Å². The van der Waals surface area contributed by atoms with Gasteiger partial charge < -0.3 is 10.1 Å². The lowest BCUT2D eigenvalue weighted by atomic mass is 10.0. The Morgan fingerprint density at radius 3 is 2.94 bits per heavy atom. The van der Waals surface area contributed by atoms with Gasteiger partial charge in [-0.15, -0.1) is 0 Å². The third-order valence-electron chi connectivity index (χ3n) is 3.01. The van der Waals surface area contributed by atoms with Gasteiger partial charge in [0.05, 0.1) is 12.2 Å². The van der Waals surface area contributed by atoms with Crippen molar-refractivity contribution in [2.24, 2.45) is 0 Å². The highest BCUT2D eigenvalue weighted by molar-refractivity contribution is 5.22. The van der Waals surface area contributed by atoms with Crippen LogP contribution in [0.2, 0.25) is 0 Å². The molecule has 0 aliphatic carbocycles. The van der Waals surface area contributed by atoms with Gasteiger partial charge in [-0.1, -0.05) is 6.07 Å². The Labute approximate surface area is 104 Å². The Kier molecular flexibility index (Phi) is 4.24. The van der Waals surface area contributed by atoms with Gasteiger partial charge >= 0.3 is 0 Å². The van der Waals surface area contributed by atoms with E-state index in [1.54, 1.807) is 0 Å². The fraction of sp³-hybridized carbons (Fsp3) is 0.462. The average Bonchev–Trinajstić information content (AvgIpc) is 2.81. The van der Waals surface area contributed by atoms with Crippen LogP contribution in [-0.4, -0.2) is 19.2 Å². The van der Waals surface area contributed by atoms with Gasteiger partial charge in [-0.05, 0) is 24.1 Å². The maximum absolute atomic E-state index is 13.2. The highest BCUT2D eigenvalue weighted by atomic mass is 19.2. The van der Waals surface area contributed by atoms with Crippen molar-refractivity contribution in [3.05, 3.63) is 35.4 Å². The molecule has 1 saturated heterocycles. The Bertz CT molecular complexity index is 459. The lowest BCUT2D eigenvalue weighted by molar-refractivity contribution is 0.0986. The number of ether oxygens (including phenoxy) is 1. The summed E-state index contributed by atoms with van der Waals surface area (Å²) in [4.78, 5) is 0. The molecule has 0 unspecified atom stereocenters. The first-order valence-electron chi connectivity index (χ1n) is 5.89. The van der Waals surface area contributed by atoms with Crippen molar-refractivity contribution in [2.45, 2.75) is 25.0 Å². The summed E-state index contributed by atoms with van der Waals surface area (Å²) in [5.41, 5.74) is 0.626. The first-order chi connectivity index (χ1) is 8.72. The van der Waals surface area contributed by atoms with Gasteiger partial charge in [0.1, 0.15) is 0 Å². The van der Waals surface area contributed by atoms with Crippen molar-refractivity contribution in [2.75, 3.05) is 13.2 Å². The SMILES string of the molecule is N#CCCN[C@@H]1CCO[C@H]1c1ccc(F)c(F)c1. The molecule has 1 aliphatic heterocycles. The molecule has 0 amide bonds. The van der Waals surface area contributed by atoms with E-state index in [4.69, 9.17) is 10.00 Å². The van der Waals surface area contributed by atoms with Crippen molar-refractivity contribution in [3.63, 3.8) is 0 Å². The fourth-order valence-corrected chi connectivity index (χ4v) is 2.13. The van der Waals surface area contributed by atoms with E-state index < -0.39 is 11.6 Å². The summed E-state index contributed by atoms with van der Waals surface area (Å²) in [6.07, 6.45) is 0.939. The van der Waals surface area contributed by atoms with Gasteiger partial charge in [0.2, 0.25) is 0 Å². The van der Waals surface area contributed by atoms with E-state index in [9.17, 15) is 8.78 Å². The van der Waals surface area contributed by atoms with Crippen molar-refractivity contribution >= 4 is 0 Å². The first-order valence-corrected chi connectivity index (χ1v) is 5.89. The van der Waals surface area contributed by atoms with E-state index in [1.807, 2.05) is 6.07 Å². The normalized spacial score (nSPS) is 22.9. The number of nitrogens with one attached hydrogen (secondary N) is 1. The first kappa shape index (κ1) is 12.9. The summed E-state index contributed by atoms with van der Waals surface area (Å²) in [5, 5.41) is 11.7. The molecule has 2 rings (SSSR count). The average molecular weight is 252 g/mol. The number of halogens is 2. The second-order valence-electron chi connectivity index (χ2n) is 4.22. The van der Waals surface area contributed by atoms with Crippen LogP contribution in [0, 0.1) is 23.0 Å². The number of benzene rings is 1. The molecule has 1 N–H and O–H groups in total. The summed E-state index contributed by atoms with van der Waals surface area (Å²) >= 11 is 0. The molecule has 0 saturated carbocycles. The molecule has 96 valence electrons. The minimum atomic E-state index is -0.862. The van der Waals surface area contributed by atoms with Crippen LogP contribution >= 0.6 is 0 Å². The lowest BCUT2D eigenvalue weighted by Crippen LogP contribution is -2.32. The minimum Gasteiger partial charge on any atom is -0.372 e. The highest BCUT2D eigenvalue weighted by Gasteiger charge is 2.29. The maximum Gasteiger partial charge on any atom is 0.159 e. The third kappa shape index (κ3) is 2.84. The Morgan fingerprint density at radius 1 is 1.39 bits per heavy atom. The maximum atomic E-state index is 13.2. The van der Waals surface area contributed by atoms with Crippen LogP contribution in [0.15, 0.2) is 18.2 Å². The molecule has 1 heterocycles. The molecule has 3 nitrogen and oxygen atoms in total. The predicted octanol–water partition coefficient (Wildman–Crippen LogP) is 2.30. The molecule has 0 spiro atoms. The van der Waals surface area contributed by atoms with E-state index >= 15 is 0 Å². The van der Waals surface area contributed by atoms with Crippen LogP contribution in [0.25, 0.3) is 0 Å². The van der Waals surface area contributed by atoms with E-state index in [0.29, 0.717) is 25.1 Å². The third-order valence-corrected chi connectivity index (χ3v) is 3.01. The van der Waals surface area contributed by atoms with Crippen LogP contribution in [0.1, 0.15) is 24.5 Å². The number of hydrogen-bond acceptors (Lipinski definition) is 3. The van der Waals surface area contributed by atoms with E-state index in [-0.39, 0.29) is 12.1 Å². The molecule has 0 radical (unpaired) electrons. The Morgan fingerprint density at radius 2 is 2.22 bits per heavy atom. The molecular weight excluding hydrogens is 238 g/mol. The Balaban J connectivity index is 2.06. The zero-order valence-corrected chi connectivity index (χ0v) is 9.83. The van der Waals surface area contributed by atoms with Crippen molar-refractivity contribution in [1.82, 2.24) is 5.32 Å². The number of hydrogen-bond donors (Lipinski definition) is 1. The lowest BCUT2D eigenvalue weighted by Gasteiger charge is -2.19. The highest BCUT2D eigenvalue weighted by Crippen LogP contribution is 2.29. The van der Waals surface area contributed by atoms with E-state index in [2.05, 4.69) is 5.32 Å². The topological polar surface area (TPSA) is 45.0 Å². The fourth-order valence-electron chi connectivity index (χ4n) is 2.13. The summed E-state index contributed by atoms with van der Waals surface area (Å²) in [5.74, 6) is -1.72. The van der Waals surface area contributed by atoms with Crippen molar-refractivity contribution in [3.8, 4) is 6.07 Å². The molecule has 5 heteroatoms. The van der Waals surface area contributed by atoms with Gasteiger partial charge in [-0.2, -0.15) is 5.26 Å². The van der Waals surface area contributed by atoms with Gasteiger partial charge in [0, 0.05) is 25.6 Å². The second kappa shape index (κ2) is 5.89. The molecule has 1 fully saturated rings. The van der Waals surface area contributed by atoms with Gasteiger partial charge in [0.15, 0.2) is 11.6 Å². The van der Waals surface area contributed by atoms with Gasteiger partial charge in [-0.25, -0.2) is 8.78 Å². The zero-order chi connectivity index (χ0) is 13.0. The van der Waals surface area contributed by atoms with Crippen LogP contribution in [0.3, 0.4) is 0 Å².